The summed E-state index contributed by atoms with van der Waals surface area (Å²) in [6.45, 7) is 0. The standard InChI is InChI=1S/C12H14N2O4S/c1-17-10-6-4-5-8(11(10)18-2)9-7-13-14-12(9)19(3,15)16/h4-7H,1-3H3,(H,13,14). The highest BCUT2D eigenvalue weighted by molar-refractivity contribution is 7.90. The second kappa shape index (κ2) is 4.93. The van der Waals surface area contributed by atoms with Crippen molar-refractivity contribution in [3.63, 3.8) is 0 Å². The van der Waals surface area contributed by atoms with Gasteiger partial charge in [-0.2, -0.15) is 5.10 Å². The number of ether oxygens (including phenoxy) is 2. The van der Waals surface area contributed by atoms with Crippen molar-refractivity contribution in [2.24, 2.45) is 0 Å². The van der Waals surface area contributed by atoms with Crippen LogP contribution >= 0.6 is 0 Å². The number of hydrogen-bond donors (Lipinski definition) is 1. The molecule has 19 heavy (non-hydrogen) atoms. The normalized spacial score (nSPS) is 11.3. The lowest BCUT2D eigenvalue weighted by Gasteiger charge is -2.12. The van der Waals surface area contributed by atoms with Crippen molar-refractivity contribution in [3.8, 4) is 22.6 Å². The van der Waals surface area contributed by atoms with E-state index >= 15 is 0 Å². The van der Waals surface area contributed by atoms with E-state index in [1.165, 1.54) is 20.4 Å². The van der Waals surface area contributed by atoms with Crippen LogP contribution in [0.15, 0.2) is 29.4 Å². The predicted octanol–water partition coefficient (Wildman–Crippen LogP) is 1.50. The van der Waals surface area contributed by atoms with Gasteiger partial charge in [-0.15, -0.1) is 0 Å². The molecule has 1 aromatic carbocycles. The summed E-state index contributed by atoms with van der Waals surface area (Å²) in [5, 5.41) is 6.35. The highest BCUT2D eigenvalue weighted by Crippen LogP contribution is 2.39. The molecule has 0 saturated heterocycles. The van der Waals surface area contributed by atoms with Gasteiger partial charge < -0.3 is 9.47 Å². The van der Waals surface area contributed by atoms with Crippen LogP contribution < -0.4 is 9.47 Å². The Balaban J connectivity index is 2.70. The summed E-state index contributed by atoms with van der Waals surface area (Å²) in [6.07, 6.45) is 2.57. The topological polar surface area (TPSA) is 81.3 Å². The number of methoxy groups -OCH3 is 2. The van der Waals surface area contributed by atoms with Crippen LogP contribution in [0.1, 0.15) is 0 Å². The minimum Gasteiger partial charge on any atom is -0.493 e. The molecule has 0 bridgehead atoms. The minimum absolute atomic E-state index is 0.0547. The quantitative estimate of drug-likeness (QED) is 0.919. The van der Waals surface area contributed by atoms with Crippen LogP contribution in [-0.4, -0.2) is 39.1 Å². The van der Waals surface area contributed by atoms with E-state index in [2.05, 4.69) is 10.2 Å². The van der Waals surface area contributed by atoms with Crippen LogP contribution in [0, 0.1) is 0 Å². The summed E-state index contributed by atoms with van der Waals surface area (Å²) in [5.41, 5.74) is 1.06. The van der Waals surface area contributed by atoms with Gasteiger partial charge in [0, 0.05) is 17.4 Å². The number of sulfone groups is 1. The smallest absolute Gasteiger partial charge is 0.192 e. The Labute approximate surface area is 111 Å². The number of aromatic nitrogens is 2. The van der Waals surface area contributed by atoms with Gasteiger partial charge in [0.2, 0.25) is 0 Å². The number of rotatable bonds is 4. The molecule has 0 fully saturated rings. The number of H-pyrrole nitrogens is 1. The molecule has 1 heterocycles. The van der Waals surface area contributed by atoms with Crippen molar-refractivity contribution >= 4 is 9.84 Å². The maximum Gasteiger partial charge on any atom is 0.192 e. The van der Waals surface area contributed by atoms with Crippen LogP contribution in [0.3, 0.4) is 0 Å². The highest BCUT2D eigenvalue weighted by Gasteiger charge is 2.21. The summed E-state index contributed by atoms with van der Waals surface area (Å²) >= 11 is 0. The predicted molar refractivity (Wildman–Crippen MR) is 70.2 cm³/mol. The fourth-order valence-electron chi connectivity index (χ4n) is 1.85. The van der Waals surface area contributed by atoms with Gasteiger partial charge in [0.05, 0.1) is 20.4 Å². The van der Waals surface area contributed by atoms with Gasteiger partial charge >= 0.3 is 0 Å². The van der Waals surface area contributed by atoms with E-state index in [1.54, 1.807) is 18.2 Å². The van der Waals surface area contributed by atoms with Crippen LogP contribution in [0.25, 0.3) is 11.1 Å². The highest BCUT2D eigenvalue weighted by atomic mass is 32.2. The van der Waals surface area contributed by atoms with E-state index in [1.807, 2.05) is 0 Å². The fourth-order valence-corrected chi connectivity index (χ4v) is 2.63. The first-order valence-corrected chi connectivity index (χ1v) is 7.33. The summed E-state index contributed by atoms with van der Waals surface area (Å²) in [6, 6.07) is 5.25. The zero-order valence-corrected chi connectivity index (χ0v) is 11.6. The first kappa shape index (κ1) is 13.4. The SMILES string of the molecule is COc1cccc(-c2cn[nH]c2S(C)(=O)=O)c1OC. The molecule has 0 aliphatic rings. The lowest BCUT2D eigenvalue weighted by molar-refractivity contribution is 0.356. The molecule has 0 spiro atoms. The molecule has 7 heteroatoms. The third-order valence-electron chi connectivity index (χ3n) is 2.67. The van der Waals surface area contributed by atoms with Gasteiger partial charge in [0.15, 0.2) is 26.4 Å². The van der Waals surface area contributed by atoms with Crippen molar-refractivity contribution in [2.45, 2.75) is 5.03 Å². The number of para-hydroxylation sites is 1. The van der Waals surface area contributed by atoms with Crippen molar-refractivity contribution in [3.05, 3.63) is 24.4 Å². The third kappa shape index (κ3) is 2.41. The average Bonchev–Trinajstić information content (AvgIpc) is 2.86. The Morgan fingerprint density at radius 3 is 2.47 bits per heavy atom. The molecule has 1 N–H and O–H groups in total. The van der Waals surface area contributed by atoms with Crippen LogP contribution in [0.4, 0.5) is 0 Å². The number of hydrogen-bond acceptors (Lipinski definition) is 5. The molecule has 0 radical (unpaired) electrons. The van der Waals surface area contributed by atoms with E-state index in [0.717, 1.165) is 6.26 Å². The van der Waals surface area contributed by atoms with Crippen molar-refractivity contribution in [1.29, 1.82) is 0 Å². The van der Waals surface area contributed by atoms with Crippen molar-refractivity contribution in [2.75, 3.05) is 20.5 Å². The monoisotopic (exact) mass is 282 g/mol. The average molecular weight is 282 g/mol. The van der Waals surface area contributed by atoms with Gasteiger partial charge in [-0.3, -0.25) is 5.10 Å². The van der Waals surface area contributed by atoms with E-state index in [9.17, 15) is 8.42 Å². The van der Waals surface area contributed by atoms with E-state index in [4.69, 9.17) is 9.47 Å². The third-order valence-corrected chi connectivity index (χ3v) is 3.72. The molecule has 0 saturated carbocycles. The molecule has 1 aromatic heterocycles. The Kier molecular flexibility index (Phi) is 3.48. The van der Waals surface area contributed by atoms with Crippen molar-refractivity contribution in [1.82, 2.24) is 10.2 Å². The molecule has 0 unspecified atom stereocenters. The molecule has 0 amide bonds. The lowest BCUT2D eigenvalue weighted by Crippen LogP contribution is -2.00. The molecule has 2 aromatic rings. The van der Waals surface area contributed by atoms with Crippen LogP contribution in [0.2, 0.25) is 0 Å². The maximum atomic E-state index is 11.7. The summed E-state index contributed by atoms with van der Waals surface area (Å²) in [4.78, 5) is 0. The van der Waals surface area contributed by atoms with E-state index in [-0.39, 0.29) is 5.03 Å². The molecular formula is C12H14N2O4S. The van der Waals surface area contributed by atoms with Gasteiger partial charge in [-0.05, 0) is 6.07 Å². The lowest BCUT2D eigenvalue weighted by atomic mass is 10.1. The Morgan fingerprint density at radius 1 is 1.16 bits per heavy atom. The van der Waals surface area contributed by atoms with Crippen molar-refractivity contribution < 1.29 is 17.9 Å². The van der Waals surface area contributed by atoms with Crippen LogP contribution in [-0.2, 0) is 9.84 Å². The number of nitrogens with one attached hydrogen (secondary N) is 1. The largest absolute Gasteiger partial charge is 0.493 e. The first-order chi connectivity index (χ1) is 8.99. The van der Waals surface area contributed by atoms with Gasteiger partial charge in [0.1, 0.15) is 0 Å². The second-order valence-corrected chi connectivity index (χ2v) is 5.88. The van der Waals surface area contributed by atoms with Crippen LogP contribution in [0.5, 0.6) is 11.5 Å². The molecule has 0 aliphatic carbocycles. The van der Waals surface area contributed by atoms with Gasteiger partial charge in [-0.1, -0.05) is 12.1 Å². The summed E-state index contributed by atoms with van der Waals surface area (Å²) in [5.74, 6) is 0.997. The van der Waals surface area contributed by atoms with E-state index < -0.39 is 9.84 Å². The number of aromatic amines is 1. The molecular weight excluding hydrogens is 268 g/mol. The molecule has 2 rings (SSSR count). The second-order valence-electron chi connectivity index (χ2n) is 3.93. The fraction of sp³-hybridized carbons (Fsp3) is 0.250. The molecule has 6 nitrogen and oxygen atoms in total. The van der Waals surface area contributed by atoms with E-state index in [0.29, 0.717) is 22.6 Å². The maximum absolute atomic E-state index is 11.7. The Bertz CT molecular complexity index is 692. The zero-order chi connectivity index (χ0) is 14.0. The number of nitrogens with zero attached hydrogens (tertiary/aromatic N) is 1. The Morgan fingerprint density at radius 2 is 1.89 bits per heavy atom. The zero-order valence-electron chi connectivity index (χ0n) is 10.8. The Hall–Kier alpha value is -2.02. The summed E-state index contributed by atoms with van der Waals surface area (Å²) in [7, 11) is -0.373. The molecule has 0 aliphatic heterocycles. The van der Waals surface area contributed by atoms with Gasteiger partial charge in [0.25, 0.3) is 0 Å². The minimum atomic E-state index is -3.40. The van der Waals surface area contributed by atoms with Gasteiger partial charge in [-0.25, -0.2) is 8.42 Å². The first-order valence-electron chi connectivity index (χ1n) is 5.43. The molecule has 0 atom stereocenters. The molecule has 102 valence electrons. The summed E-state index contributed by atoms with van der Waals surface area (Å²) < 4.78 is 33.9. The number of benzene rings is 1.